The molecule has 2 aromatic carbocycles. The highest BCUT2D eigenvalue weighted by Crippen LogP contribution is 2.29. The molecule has 3 aromatic rings. The molecular formula is C20H19N5. The molecule has 4 rings (SSSR count). The number of benzene rings is 2. The summed E-state index contributed by atoms with van der Waals surface area (Å²) in [5.41, 5.74) is 4.45. The van der Waals surface area contributed by atoms with E-state index in [2.05, 4.69) is 44.6 Å². The molecule has 1 aromatic heterocycles. The lowest BCUT2D eigenvalue weighted by Gasteiger charge is -2.21. The van der Waals surface area contributed by atoms with E-state index in [1.807, 2.05) is 66.2 Å². The topological polar surface area (TPSA) is 43.8 Å². The summed E-state index contributed by atoms with van der Waals surface area (Å²) >= 11 is 0. The molecule has 0 spiro atoms. The number of nitrogens with one attached hydrogen (secondary N) is 1. The number of hydrazone groups is 1. The molecule has 1 N–H and O–H groups in total. The number of para-hydroxylation sites is 3. The number of anilines is 3. The van der Waals surface area contributed by atoms with Crippen molar-refractivity contribution >= 4 is 23.4 Å². The molecule has 1 aliphatic rings. The van der Waals surface area contributed by atoms with Crippen LogP contribution >= 0.6 is 0 Å². The van der Waals surface area contributed by atoms with Crippen LogP contribution in [0.2, 0.25) is 0 Å². The van der Waals surface area contributed by atoms with Crippen molar-refractivity contribution in [2.45, 2.75) is 6.54 Å². The summed E-state index contributed by atoms with van der Waals surface area (Å²) in [6, 6.07) is 22.5. The van der Waals surface area contributed by atoms with Gasteiger partial charge in [-0.1, -0.05) is 30.3 Å². The average molecular weight is 329 g/mol. The fourth-order valence-electron chi connectivity index (χ4n) is 2.79. The maximum Gasteiger partial charge on any atom is 0.118 e. The Bertz CT molecular complexity index is 848. The minimum atomic E-state index is 0.692. The van der Waals surface area contributed by atoms with Crippen molar-refractivity contribution in [3.8, 4) is 0 Å². The van der Waals surface area contributed by atoms with Gasteiger partial charge in [0.05, 0.1) is 11.4 Å². The molecule has 5 heteroatoms. The smallest absolute Gasteiger partial charge is 0.118 e. The second-order valence-corrected chi connectivity index (χ2v) is 5.80. The molecule has 0 aliphatic carbocycles. The summed E-state index contributed by atoms with van der Waals surface area (Å²) in [7, 11) is 0. The number of hydrogen-bond acceptors (Lipinski definition) is 5. The number of aromatic nitrogens is 1. The summed E-state index contributed by atoms with van der Waals surface area (Å²) < 4.78 is 0. The molecule has 0 saturated heterocycles. The van der Waals surface area contributed by atoms with Gasteiger partial charge in [-0.15, -0.1) is 0 Å². The van der Waals surface area contributed by atoms with Gasteiger partial charge < -0.3 is 10.2 Å². The van der Waals surface area contributed by atoms with E-state index in [0.717, 1.165) is 23.6 Å². The van der Waals surface area contributed by atoms with Crippen molar-refractivity contribution in [3.63, 3.8) is 0 Å². The van der Waals surface area contributed by atoms with Gasteiger partial charge in [0.1, 0.15) is 13.0 Å². The highest BCUT2D eigenvalue weighted by atomic mass is 15.6. The van der Waals surface area contributed by atoms with Crippen molar-refractivity contribution in [1.82, 2.24) is 4.98 Å². The third kappa shape index (κ3) is 3.45. The van der Waals surface area contributed by atoms with Crippen LogP contribution in [0.15, 0.2) is 84.2 Å². The van der Waals surface area contributed by atoms with E-state index in [1.165, 1.54) is 5.56 Å². The molecule has 0 saturated carbocycles. The van der Waals surface area contributed by atoms with Crippen molar-refractivity contribution in [2.75, 3.05) is 21.9 Å². The Morgan fingerprint density at radius 1 is 0.880 bits per heavy atom. The SMILES string of the molecule is C1=NN(c2ccccc2NCc2ccncc2)CN1c1ccccc1. The maximum atomic E-state index is 4.56. The van der Waals surface area contributed by atoms with Crippen LogP contribution in [0.1, 0.15) is 5.56 Å². The van der Waals surface area contributed by atoms with Gasteiger partial charge in [-0.3, -0.25) is 4.98 Å². The van der Waals surface area contributed by atoms with E-state index in [0.29, 0.717) is 6.67 Å². The molecule has 0 amide bonds. The van der Waals surface area contributed by atoms with Gasteiger partial charge in [0.2, 0.25) is 0 Å². The molecule has 1 aliphatic heterocycles. The highest BCUT2D eigenvalue weighted by Gasteiger charge is 2.18. The molecule has 0 fully saturated rings. The van der Waals surface area contributed by atoms with Crippen LogP contribution in [0.3, 0.4) is 0 Å². The molecule has 5 nitrogen and oxygen atoms in total. The number of nitrogens with zero attached hydrogens (tertiary/aromatic N) is 4. The Morgan fingerprint density at radius 3 is 2.48 bits per heavy atom. The van der Waals surface area contributed by atoms with Gasteiger partial charge in [0.25, 0.3) is 0 Å². The van der Waals surface area contributed by atoms with Crippen LogP contribution in [-0.4, -0.2) is 18.0 Å². The predicted molar refractivity (Wildman–Crippen MR) is 103 cm³/mol. The van der Waals surface area contributed by atoms with Crippen molar-refractivity contribution in [2.24, 2.45) is 5.10 Å². The molecule has 0 unspecified atom stereocenters. The first-order valence-corrected chi connectivity index (χ1v) is 8.25. The predicted octanol–water partition coefficient (Wildman–Crippen LogP) is 3.92. The van der Waals surface area contributed by atoms with Crippen LogP contribution in [0.5, 0.6) is 0 Å². The van der Waals surface area contributed by atoms with Crippen LogP contribution in [0.25, 0.3) is 0 Å². The largest absolute Gasteiger partial charge is 0.379 e. The van der Waals surface area contributed by atoms with Gasteiger partial charge >= 0.3 is 0 Å². The Balaban J connectivity index is 1.49. The Labute approximate surface area is 147 Å². The Hall–Kier alpha value is -3.34. The summed E-state index contributed by atoms with van der Waals surface area (Å²) in [4.78, 5) is 6.18. The first kappa shape index (κ1) is 15.2. The zero-order valence-corrected chi connectivity index (χ0v) is 13.8. The van der Waals surface area contributed by atoms with E-state index in [4.69, 9.17) is 0 Å². The number of rotatable bonds is 5. The minimum absolute atomic E-state index is 0.692. The second-order valence-electron chi connectivity index (χ2n) is 5.80. The molecular weight excluding hydrogens is 310 g/mol. The molecule has 0 bridgehead atoms. The first-order chi connectivity index (χ1) is 12.4. The number of hydrogen-bond donors (Lipinski definition) is 1. The van der Waals surface area contributed by atoms with Crippen LogP contribution in [0.4, 0.5) is 17.1 Å². The van der Waals surface area contributed by atoms with Crippen molar-refractivity contribution < 1.29 is 0 Å². The Kier molecular flexibility index (Phi) is 4.29. The lowest BCUT2D eigenvalue weighted by molar-refractivity contribution is 0.911. The maximum absolute atomic E-state index is 4.56. The normalized spacial score (nSPS) is 13.3. The van der Waals surface area contributed by atoms with E-state index >= 15 is 0 Å². The second kappa shape index (κ2) is 7.05. The highest BCUT2D eigenvalue weighted by molar-refractivity contribution is 5.84. The summed E-state index contributed by atoms with van der Waals surface area (Å²) in [6.45, 7) is 1.44. The summed E-state index contributed by atoms with van der Waals surface area (Å²) in [6.07, 6.45) is 5.49. The lowest BCUT2D eigenvalue weighted by Crippen LogP contribution is -2.26. The van der Waals surface area contributed by atoms with Gasteiger partial charge in [0, 0.05) is 24.6 Å². The minimum Gasteiger partial charge on any atom is -0.379 e. The van der Waals surface area contributed by atoms with Gasteiger partial charge in [0.15, 0.2) is 0 Å². The van der Waals surface area contributed by atoms with Crippen LogP contribution < -0.4 is 15.2 Å². The first-order valence-electron chi connectivity index (χ1n) is 8.25. The number of pyridine rings is 1. The van der Waals surface area contributed by atoms with Crippen molar-refractivity contribution in [1.29, 1.82) is 0 Å². The molecule has 25 heavy (non-hydrogen) atoms. The average Bonchev–Trinajstić information content (AvgIpc) is 3.18. The quantitative estimate of drug-likeness (QED) is 0.770. The van der Waals surface area contributed by atoms with Gasteiger partial charge in [-0.05, 0) is 42.0 Å². The van der Waals surface area contributed by atoms with E-state index < -0.39 is 0 Å². The summed E-state index contributed by atoms with van der Waals surface area (Å²) in [5.74, 6) is 0. The van der Waals surface area contributed by atoms with Gasteiger partial charge in [-0.25, -0.2) is 5.01 Å². The third-order valence-electron chi connectivity index (χ3n) is 4.12. The molecule has 0 radical (unpaired) electrons. The van der Waals surface area contributed by atoms with E-state index in [-0.39, 0.29) is 0 Å². The monoisotopic (exact) mass is 329 g/mol. The zero-order chi connectivity index (χ0) is 16.9. The van der Waals surface area contributed by atoms with Crippen molar-refractivity contribution in [3.05, 3.63) is 84.7 Å². The van der Waals surface area contributed by atoms with Crippen LogP contribution in [0, 0.1) is 0 Å². The van der Waals surface area contributed by atoms with E-state index in [1.54, 1.807) is 0 Å². The lowest BCUT2D eigenvalue weighted by atomic mass is 10.2. The summed E-state index contributed by atoms with van der Waals surface area (Å²) in [5, 5.41) is 10.1. The third-order valence-corrected chi connectivity index (χ3v) is 4.12. The zero-order valence-electron chi connectivity index (χ0n) is 13.8. The molecule has 0 atom stereocenters. The van der Waals surface area contributed by atoms with E-state index in [9.17, 15) is 0 Å². The molecule has 124 valence electrons. The van der Waals surface area contributed by atoms with Gasteiger partial charge in [-0.2, -0.15) is 5.10 Å². The Morgan fingerprint density at radius 2 is 1.64 bits per heavy atom. The van der Waals surface area contributed by atoms with Crippen LogP contribution in [-0.2, 0) is 6.54 Å². The molecule has 2 heterocycles. The fraction of sp³-hybridized carbons (Fsp3) is 0.100. The fourth-order valence-corrected chi connectivity index (χ4v) is 2.79. The standard InChI is InChI=1S/C20H19N5/c1-2-6-18(7-3-1)24-15-23-25(16-24)20-9-5-4-8-19(20)22-14-17-10-12-21-13-11-17/h1-13,15,22H,14,16H2.